The van der Waals surface area contributed by atoms with Gasteiger partial charge in [-0.3, -0.25) is 4.79 Å². The van der Waals surface area contributed by atoms with Gasteiger partial charge in [-0.15, -0.1) is 0 Å². The highest BCUT2D eigenvalue weighted by Gasteiger charge is 1.96. The van der Waals surface area contributed by atoms with Gasteiger partial charge < -0.3 is 10.4 Å². The summed E-state index contributed by atoms with van der Waals surface area (Å²) in [5.41, 5.74) is 2.00. The summed E-state index contributed by atoms with van der Waals surface area (Å²) in [6.45, 7) is 0. The van der Waals surface area contributed by atoms with Gasteiger partial charge in [0, 0.05) is 12.7 Å². The van der Waals surface area contributed by atoms with Crippen molar-refractivity contribution >= 4 is 11.7 Å². The summed E-state index contributed by atoms with van der Waals surface area (Å²) >= 11 is 0. The molecule has 0 radical (unpaired) electrons. The number of para-hydroxylation sites is 1. The minimum Gasteiger partial charge on any atom is -0.481 e. The third kappa shape index (κ3) is 5.70. The Hall–Kier alpha value is -2.29. The SMILES string of the molecule is CNc1ccccc1.O=C(O)Cc1ccccc1. The van der Waals surface area contributed by atoms with Gasteiger partial charge in [0.1, 0.15) is 0 Å². The predicted molar refractivity (Wildman–Crippen MR) is 73.8 cm³/mol. The van der Waals surface area contributed by atoms with Crippen LogP contribution in [0.5, 0.6) is 0 Å². The molecule has 0 bridgehead atoms. The molecule has 0 amide bonds. The first-order chi connectivity index (χ1) is 8.72. The van der Waals surface area contributed by atoms with Crippen LogP contribution in [-0.4, -0.2) is 18.1 Å². The lowest BCUT2D eigenvalue weighted by molar-refractivity contribution is -0.136. The van der Waals surface area contributed by atoms with Crippen LogP contribution in [0.1, 0.15) is 5.56 Å². The van der Waals surface area contributed by atoms with Crippen molar-refractivity contribution in [3.8, 4) is 0 Å². The predicted octanol–water partition coefficient (Wildman–Crippen LogP) is 3.04. The Balaban J connectivity index is 0.000000184. The zero-order valence-electron chi connectivity index (χ0n) is 10.3. The second-order valence-corrected chi connectivity index (χ2v) is 3.67. The number of hydrogen-bond donors (Lipinski definition) is 2. The van der Waals surface area contributed by atoms with Gasteiger partial charge in [0.15, 0.2) is 0 Å². The average Bonchev–Trinajstić information content (AvgIpc) is 2.41. The van der Waals surface area contributed by atoms with Crippen LogP contribution >= 0.6 is 0 Å². The van der Waals surface area contributed by atoms with E-state index < -0.39 is 5.97 Å². The lowest BCUT2D eigenvalue weighted by Gasteiger charge is -1.94. The number of benzene rings is 2. The molecule has 0 heterocycles. The number of rotatable bonds is 3. The molecule has 0 unspecified atom stereocenters. The van der Waals surface area contributed by atoms with E-state index in [9.17, 15) is 4.79 Å². The molecule has 2 N–H and O–H groups in total. The van der Waals surface area contributed by atoms with Gasteiger partial charge in [0.25, 0.3) is 0 Å². The zero-order chi connectivity index (χ0) is 13.2. The first kappa shape index (κ1) is 13.8. The normalized spacial score (nSPS) is 8.94. The number of aliphatic carboxylic acids is 1. The van der Waals surface area contributed by atoms with Crippen LogP contribution in [0, 0.1) is 0 Å². The van der Waals surface area contributed by atoms with E-state index in [1.165, 1.54) is 0 Å². The topological polar surface area (TPSA) is 49.3 Å². The first-order valence-electron chi connectivity index (χ1n) is 5.71. The number of carboxylic acid groups (broad SMARTS) is 1. The van der Waals surface area contributed by atoms with Gasteiger partial charge in [-0.1, -0.05) is 48.5 Å². The van der Waals surface area contributed by atoms with Gasteiger partial charge in [0.2, 0.25) is 0 Å². The quantitative estimate of drug-likeness (QED) is 0.871. The smallest absolute Gasteiger partial charge is 0.307 e. The Morgan fingerprint density at radius 1 is 1.00 bits per heavy atom. The highest BCUT2D eigenvalue weighted by molar-refractivity contribution is 5.70. The third-order valence-corrected chi connectivity index (χ3v) is 2.26. The van der Waals surface area contributed by atoms with Crippen LogP contribution in [0.4, 0.5) is 5.69 Å². The highest BCUT2D eigenvalue weighted by Crippen LogP contribution is 2.01. The van der Waals surface area contributed by atoms with Crippen LogP contribution in [0.25, 0.3) is 0 Å². The second kappa shape index (κ2) is 7.90. The van der Waals surface area contributed by atoms with Crippen molar-refractivity contribution in [2.24, 2.45) is 0 Å². The standard InChI is InChI=1S/C8H8O2.C7H9N/c9-8(10)6-7-4-2-1-3-5-7;1-8-7-5-3-2-4-6-7/h1-5H,6H2,(H,9,10);2-6,8H,1H3. The molecule has 0 atom stereocenters. The van der Waals surface area contributed by atoms with E-state index in [0.717, 1.165) is 11.3 Å². The average molecular weight is 243 g/mol. The van der Waals surface area contributed by atoms with Gasteiger partial charge in [-0.2, -0.15) is 0 Å². The maximum atomic E-state index is 10.2. The fraction of sp³-hybridized carbons (Fsp3) is 0.133. The fourth-order valence-corrected chi connectivity index (χ4v) is 1.38. The molecule has 0 fully saturated rings. The lowest BCUT2D eigenvalue weighted by atomic mass is 10.2. The van der Waals surface area contributed by atoms with Gasteiger partial charge >= 0.3 is 5.97 Å². The Labute approximate surface area is 107 Å². The first-order valence-corrected chi connectivity index (χ1v) is 5.71. The summed E-state index contributed by atoms with van der Waals surface area (Å²) in [6, 6.07) is 19.2. The summed E-state index contributed by atoms with van der Waals surface area (Å²) in [6.07, 6.45) is 0.112. The molecule has 0 spiro atoms. The van der Waals surface area contributed by atoms with E-state index in [0.29, 0.717) is 0 Å². The molecule has 0 aromatic heterocycles. The molecule has 2 rings (SSSR count). The van der Waals surface area contributed by atoms with E-state index >= 15 is 0 Å². The van der Waals surface area contributed by atoms with E-state index in [1.54, 1.807) is 12.1 Å². The number of hydrogen-bond acceptors (Lipinski definition) is 2. The molecular weight excluding hydrogens is 226 g/mol. The molecule has 0 saturated heterocycles. The highest BCUT2D eigenvalue weighted by atomic mass is 16.4. The number of nitrogens with one attached hydrogen (secondary N) is 1. The van der Waals surface area contributed by atoms with E-state index in [4.69, 9.17) is 5.11 Å². The molecule has 94 valence electrons. The van der Waals surface area contributed by atoms with Crippen molar-refractivity contribution in [2.45, 2.75) is 6.42 Å². The maximum Gasteiger partial charge on any atom is 0.307 e. The zero-order valence-corrected chi connectivity index (χ0v) is 10.3. The van der Waals surface area contributed by atoms with Crippen molar-refractivity contribution in [3.05, 3.63) is 66.2 Å². The van der Waals surface area contributed by atoms with Gasteiger partial charge in [-0.25, -0.2) is 0 Å². The van der Waals surface area contributed by atoms with E-state index in [-0.39, 0.29) is 6.42 Å². The Morgan fingerprint density at radius 2 is 1.50 bits per heavy atom. The Kier molecular flexibility index (Phi) is 6.04. The molecule has 0 aliphatic heterocycles. The molecule has 2 aromatic carbocycles. The van der Waals surface area contributed by atoms with Crippen LogP contribution in [-0.2, 0) is 11.2 Å². The maximum absolute atomic E-state index is 10.2. The number of anilines is 1. The third-order valence-electron chi connectivity index (χ3n) is 2.26. The molecular formula is C15H17NO2. The lowest BCUT2D eigenvalue weighted by Crippen LogP contribution is -1.98. The molecule has 2 aromatic rings. The monoisotopic (exact) mass is 243 g/mol. The van der Waals surface area contributed by atoms with Crippen LogP contribution in [0.2, 0.25) is 0 Å². The molecule has 3 nitrogen and oxygen atoms in total. The van der Waals surface area contributed by atoms with Crippen molar-refractivity contribution in [1.29, 1.82) is 0 Å². The summed E-state index contributed by atoms with van der Waals surface area (Å²) in [5.74, 6) is -0.786. The van der Waals surface area contributed by atoms with Crippen LogP contribution in [0.3, 0.4) is 0 Å². The van der Waals surface area contributed by atoms with E-state index in [1.807, 2.05) is 55.6 Å². The molecule has 0 saturated carbocycles. The largest absolute Gasteiger partial charge is 0.481 e. The van der Waals surface area contributed by atoms with Crippen molar-refractivity contribution in [1.82, 2.24) is 0 Å². The summed E-state index contributed by atoms with van der Waals surface area (Å²) in [7, 11) is 1.91. The van der Waals surface area contributed by atoms with Gasteiger partial charge in [-0.05, 0) is 17.7 Å². The second-order valence-electron chi connectivity index (χ2n) is 3.67. The van der Waals surface area contributed by atoms with E-state index in [2.05, 4.69) is 5.32 Å². The minimum absolute atomic E-state index is 0.112. The summed E-state index contributed by atoms with van der Waals surface area (Å²) < 4.78 is 0. The summed E-state index contributed by atoms with van der Waals surface area (Å²) in [5, 5.41) is 11.4. The summed E-state index contributed by atoms with van der Waals surface area (Å²) in [4.78, 5) is 10.2. The van der Waals surface area contributed by atoms with Crippen molar-refractivity contribution in [2.75, 3.05) is 12.4 Å². The molecule has 0 aliphatic carbocycles. The van der Waals surface area contributed by atoms with Gasteiger partial charge in [0.05, 0.1) is 6.42 Å². The Bertz CT molecular complexity index is 454. The molecule has 0 aliphatic rings. The fourth-order valence-electron chi connectivity index (χ4n) is 1.38. The van der Waals surface area contributed by atoms with Crippen molar-refractivity contribution in [3.63, 3.8) is 0 Å². The number of carbonyl (C=O) groups is 1. The number of carboxylic acids is 1. The Morgan fingerprint density at radius 3 is 1.89 bits per heavy atom. The molecule has 18 heavy (non-hydrogen) atoms. The van der Waals surface area contributed by atoms with Crippen LogP contribution in [0.15, 0.2) is 60.7 Å². The minimum atomic E-state index is -0.786. The molecule has 3 heteroatoms. The van der Waals surface area contributed by atoms with Crippen LogP contribution < -0.4 is 5.32 Å². The van der Waals surface area contributed by atoms with Crippen molar-refractivity contribution < 1.29 is 9.90 Å².